The fourth-order valence-corrected chi connectivity index (χ4v) is 0.402. The molecule has 4 nitrogen and oxygen atoms in total. The Morgan fingerprint density at radius 3 is 3.00 bits per heavy atom. The molecular formula is C4H5FN2O2. The summed E-state index contributed by atoms with van der Waals surface area (Å²) < 4.78 is 12.0. The molecule has 0 spiro atoms. The van der Waals surface area contributed by atoms with Crippen LogP contribution >= 0.6 is 0 Å². The second-order valence-corrected chi connectivity index (χ2v) is 1.55. The molecule has 1 heterocycles. The van der Waals surface area contributed by atoms with Crippen LogP contribution in [-0.4, -0.2) is 18.0 Å². The van der Waals surface area contributed by atoms with Crippen molar-refractivity contribution in [2.75, 3.05) is 7.05 Å². The fraction of sp³-hybridized carbons (Fsp3) is 0.250. The van der Waals surface area contributed by atoms with Crippen LogP contribution in [-0.2, 0) is 4.84 Å². The third-order valence-corrected chi connectivity index (χ3v) is 0.851. The van der Waals surface area contributed by atoms with E-state index in [9.17, 15) is 9.18 Å². The lowest BCUT2D eigenvalue weighted by Gasteiger charge is -2.17. The van der Waals surface area contributed by atoms with Crippen molar-refractivity contribution < 1.29 is 14.0 Å². The lowest BCUT2D eigenvalue weighted by Crippen LogP contribution is -2.37. The van der Waals surface area contributed by atoms with Crippen molar-refractivity contribution in [2.45, 2.75) is 0 Å². The molecule has 0 radical (unpaired) electrons. The van der Waals surface area contributed by atoms with E-state index in [0.717, 1.165) is 11.1 Å². The Morgan fingerprint density at radius 2 is 2.56 bits per heavy atom. The van der Waals surface area contributed by atoms with E-state index in [2.05, 4.69) is 4.84 Å². The highest BCUT2D eigenvalue weighted by atomic mass is 19.1. The van der Waals surface area contributed by atoms with Gasteiger partial charge in [-0.3, -0.25) is 4.90 Å². The average molecular weight is 132 g/mol. The maximum absolute atomic E-state index is 12.0. The van der Waals surface area contributed by atoms with Crippen LogP contribution in [0.2, 0.25) is 0 Å². The smallest absolute Gasteiger partial charge is 0.345 e. The van der Waals surface area contributed by atoms with Gasteiger partial charge in [-0.15, -0.1) is 0 Å². The topological polar surface area (TPSA) is 41.6 Å². The molecule has 9 heavy (non-hydrogen) atoms. The number of hydrogen-bond acceptors (Lipinski definition) is 2. The quantitative estimate of drug-likeness (QED) is 0.516. The molecule has 0 aromatic heterocycles. The van der Waals surface area contributed by atoms with Crippen LogP contribution in [0.4, 0.5) is 9.18 Å². The minimum atomic E-state index is -0.822. The Morgan fingerprint density at radius 1 is 1.89 bits per heavy atom. The van der Waals surface area contributed by atoms with Crippen LogP contribution < -0.4 is 5.48 Å². The first-order valence-electron chi connectivity index (χ1n) is 2.27. The van der Waals surface area contributed by atoms with Gasteiger partial charge in [0.05, 0.1) is 6.20 Å². The SMILES string of the molecule is CN1C=C(F)ONC1=O. The Balaban J connectivity index is 2.69. The third-order valence-electron chi connectivity index (χ3n) is 0.851. The summed E-state index contributed by atoms with van der Waals surface area (Å²) in [5.74, 6) is 0. The van der Waals surface area contributed by atoms with Crippen molar-refractivity contribution in [3.63, 3.8) is 0 Å². The van der Waals surface area contributed by atoms with Gasteiger partial charge in [-0.1, -0.05) is 0 Å². The normalized spacial score (nSPS) is 18.2. The number of amides is 2. The van der Waals surface area contributed by atoms with E-state index < -0.39 is 12.0 Å². The van der Waals surface area contributed by atoms with Gasteiger partial charge in [-0.25, -0.2) is 4.79 Å². The molecule has 1 N–H and O–H groups in total. The predicted molar refractivity (Wildman–Crippen MR) is 26.6 cm³/mol. The van der Waals surface area contributed by atoms with Crippen molar-refractivity contribution >= 4 is 6.03 Å². The molecule has 5 heteroatoms. The van der Waals surface area contributed by atoms with Crippen molar-refractivity contribution in [1.82, 2.24) is 10.4 Å². The lowest BCUT2D eigenvalue weighted by atomic mass is 10.7. The summed E-state index contributed by atoms with van der Waals surface area (Å²) in [7, 11) is 1.41. The zero-order chi connectivity index (χ0) is 6.85. The number of hydroxylamine groups is 1. The van der Waals surface area contributed by atoms with E-state index in [0.29, 0.717) is 0 Å². The van der Waals surface area contributed by atoms with Crippen LogP contribution in [0.3, 0.4) is 0 Å². The molecule has 2 amide bonds. The Labute approximate surface area is 50.8 Å². The van der Waals surface area contributed by atoms with Gasteiger partial charge < -0.3 is 4.84 Å². The van der Waals surface area contributed by atoms with E-state index in [-0.39, 0.29) is 0 Å². The Bertz CT molecular complexity index is 168. The van der Waals surface area contributed by atoms with E-state index >= 15 is 0 Å². The summed E-state index contributed by atoms with van der Waals surface area (Å²) in [5.41, 5.74) is 1.83. The number of nitrogens with one attached hydrogen (secondary N) is 1. The maximum atomic E-state index is 12.0. The van der Waals surface area contributed by atoms with Crippen LogP contribution in [0.1, 0.15) is 0 Å². The highest BCUT2D eigenvalue weighted by Gasteiger charge is 2.14. The summed E-state index contributed by atoms with van der Waals surface area (Å²) >= 11 is 0. The van der Waals surface area contributed by atoms with E-state index in [1.807, 2.05) is 5.48 Å². The number of halogens is 1. The number of rotatable bonds is 0. The number of carbonyl (C=O) groups is 1. The number of urea groups is 1. The molecule has 0 unspecified atom stereocenters. The average Bonchev–Trinajstić information content (AvgIpc) is 1.80. The fourth-order valence-electron chi connectivity index (χ4n) is 0.402. The minimum Gasteiger partial charge on any atom is -0.345 e. The first-order valence-corrected chi connectivity index (χ1v) is 2.27. The van der Waals surface area contributed by atoms with Crippen LogP contribution in [0.15, 0.2) is 12.2 Å². The Kier molecular flexibility index (Phi) is 1.26. The molecule has 1 rings (SSSR count). The van der Waals surface area contributed by atoms with Gasteiger partial charge in [0, 0.05) is 7.05 Å². The van der Waals surface area contributed by atoms with Crippen molar-refractivity contribution in [2.24, 2.45) is 0 Å². The molecule has 0 saturated carbocycles. The molecule has 1 aliphatic heterocycles. The molecule has 0 atom stereocenters. The van der Waals surface area contributed by atoms with Crippen molar-refractivity contribution in [3.05, 3.63) is 12.2 Å². The Hall–Kier alpha value is -1.26. The number of hydrogen-bond donors (Lipinski definition) is 1. The molecule has 50 valence electrons. The standard InChI is InChI=1S/C4H5FN2O2/c1-7-2-3(5)9-6-4(7)8/h2H,1H3,(H,6,8). The summed E-state index contributed by atoms with van der Waals surface area (Å²) in [5, 5.41) is 0. The third kappa shape index (κ3) is 1.10. The van der Waals surface area contributed by atoms with Crippen molar-refractivity contribution in [1.29, 1.82) is 0 Å². The summed E-state index contributed by atoms with van der Waals surface area (Å²) in [6, 6.07) is -1.31. The van der Waals surface area contributed by atoms with Crippen LogP contribution in [0.5, 0.6) is 0 Å². The number of carbonyl (C=O) groups excluding carboxylic acids is 1. The minimum absolute atomic E-state index is 0.489. The van der Waals surface area contributed by atoms with Gasteiger partial charge in [0.25, 0.3) is 0 Å². The van der Waals surface area contributed by atoms with Crippen LogP contribution in [0, 0.1) is 0 Å². The second-order valence-electron chi connectivity index (χ2n) is 1.55. The molecule has 0 saturated heterocycles. The molecule has 0 aliphatic carbocycles. The van der Waals surface area contributed by atoms with Gasteiger partial charge in [0.15, 0.2) is 0 Å². The molecule has 0 bridgehead atoms. The molecule has 0 aromatic carbocycles. The van der Waals surface area contributed by atoms with E-state index in [1.54, 1.807) is 0 Å². The first-order chi connectivity index (χ1) is 4.20. The molecule has 1 aliphatic rings. The predicted octanol–water partition coefficient (Wildman–Crippen LogP) is 0.341. The highest BCUT2D eigenvalue weighted by molar-refractivity contribution is 5.74. The van der Waals surface area contributed by atoms with E-state index in [4.69, 9.17) is 0 Å². The zero-order valence-electron chi connectivity index (χ0n) is 4.72. The molecule has 0 fully saturated rings. The first kappa shape index (κ1) is 5.87. The highest BCUT2D eigenvalue weighted by Crippen LogP contribution is 2.03. The summed E-state index contributed by atoms with van der Waals surface area (Å²) in [4.78, 5) is 15.5. The number of nitrogens with zero attached hydrogens (tertiary/aromatic N) is 1. The van der Waals surface area contributed by atoms with Crippen molar-refractivity contribution in [3.8, 4) is 0 Å². The van der Waals surface area contributed by atoms with Gasteiger partial charge in [0.1, 0.15) is 0 Å². The van der Waals surface area contributed by atoms with Crippen LogP contribution in [0.25, 0.3) is 0 Å². The summed E-state index contributed by atoms with van der Waals surface area (Å²) in [6.45, 7) is 0. The lowest BCUT2D eigenvalue weighted by molar-refractivity contribution is 0.0477. The zero-order valence-corrected chi connectivity index (χ0v) is 4.72. The van der Waals surface area contributed by atoms with Gasteiger partial charge in [-0.05, 0) is 0 Å². The maximum Gasteiger partial charge on any atom is 0.354 e. The van der Waals surface area contributed by atoms with Gasteiger partial charge in [0.2, 0.25) is 0 Å². The second kappa shape index (κ2) is 1.93. The monoisotopic (exact) mass is 132 g/mol. The summed E-state index contributed by atoms with van der Waals surface area (Å²) in [6.07, 6.45) is 0.943. The van der Waals surface area contributed by atoms with E-state index in [1.165, 1.54) is 7.05 Å². The molecular weight excluding hydrogens is 127 g/mol. The largest absolute Gasteiger partial charge is 0.354 e. The van der Waals surface area contributed by atoms with Gasteiger partial charge >= 0.3 is 12.0 Å². The van der Waals surface area contributed by atoms with Gasteiger partial charge in [-0.2, -0.15) is 9.87 Å². The molecule has 0 aromatic rings.